The van der Waals surface area contributed by atoms with E-state index in [4.69, 9.17) is 0 Å². The van der Waals surface area contributed by atoms with Gasteiger partial charge in [0.2, 0.25) is 10.0 Å². The minimum Gasteiger partial charge on any atom is -0.295 e. The predicted molar refractivity (Wildman–Crippen MR) is 90.6 cm³/mol. The summed E-state index contributed by atoms with van der Waals surface area (Å²) in [7, 11) is -0.315. The molecule has 1 aromatic heterocycles. The summed E-state index contributed by atoms with van der Waals surface area (Å²) >= 11 is 3.30. The zero-order chi connectivity index (χ0) is 16.5. The van der Waals surface area contributed by atoms with Gasteiger partial charge < -0.3 is 0 Å². The first-order chi connectivity index (χ1) is 10.3. The largest absolute Gasteiger partial charge is 0.328 e. The number of nitrogens with zero attached hydrogens (tertiary/aromatic N) is 2. The lowest BCUT2D eigenvalue weighted by molar-refractivity contribution is 0.575. The highest BCUT2D eigenvalue weighted by Gasteiger charge is 2.20. The van der Waals surface area contributed by atoms with E-state index in [9.17, 15) is 13.2 Å². The van der Waals surface area contributed by atoms with Gasteiger partial charge in [0.05, 0.1) is 15.9 Å². The van der Waals surface area contributed by atoms with E-state index in [1.165, 1.54) is 15.2 Å². The highest BCUT2D eigenvalue weighted by Crippen LogP contribution is 2.27. The molecule has 22 heavy (non-hydrogen) atoms. The molecule has 1 heterocycles. The number of imidazole rings is 1. The summed E-state index contributed by atoms with van der Waals surface area (Å²) in [5.74, 6) is 0. The van der Waals surface area contributed by atoms with Crippen molar-refractivity contribution in [2.24, 2.45) is 14.1 Å². The average Bonchev–Trinajstić information content (AvgIpc) is 2.67. The molecular weight excluding hydrogens is 370 g/mol. The Morgan fingerprint density at radius 3 is 2.32 bits per heavy atom. The molecule has 0 radical (unpaired) electrons. The number of benzene rings is 1. The first-order valence-corrected chi connectivity index (χ1v) is 9.42. The summed E-state index contributed by atoms with van der Waals surface area (Å²) < 4.78 is 30.8. The molecule has 0 aliphatic carbocycles. The van der Waals surface area contributed by atoms with Gasteiger partial charge in [-0.3, -0.25) is 9.13 Å². The summed E-state index contributed by atoms with van der Waals surface area (Å²) in [6, 6.07) is 3.19. The number of fused-ring (bicyclic) bond motifs is 1. The van der Waals surface area contributed by atoms with Crippen LogP contribution < -0.4 is 10.4 Å². The smallest absolute Gasteiger partial charge is 0.295 e. The van der Waals surface area contributed by atoms with Crippen LogP contribution in [0, 0.1) is 0 Å². The molecule has 122 valence electrons. The van der Waals surface area contributed by atoms with Gasteiger partial charge in [0.15, 0.2) is 0 Å². The Hall–Kier alpha value is -1.12. The third-order valence-corrected chi connectivity index (χ3v) is 6.11. The van der Waals surface area contributed by atoms with E-state index in [1.54, 1.807) is 20.2 Å². The molecule has 0 atom stereocenters. The number of unbranched alkanes of at least 4 members (excludes halogenated alkanes) is 2. The Kier molecular flexibility index (Phi) is 5.14. The van der Waals surface area contributed by atoms with Crippen LogP contribution in [0.5, 0.6) is 0 Å². The van der Waals surface area contributed by atoms with Crippen LogP contribution >= 0.6 is 15.9 Å². The van der Waals surface area contributed by atoms with E-state index < -0.39 is 10.0 Å². The van der Waals surface area contributed by atoms with Gasteiger partial charge >= 0.3 is 5.69 Å². The van der Waals surface area contributed by atoms with E-state index in [0.29, 0.717) is 22.1 Å². The average molecular weight is 390 g/mol. The summed E-state index contributed by atoms with van der Waals surface area (Å²) in [6.45, 7) is 2.48. The van der Waals surface area contributed by atoms with Gasteiger partial charge in [-0.1, -0.05) is 19.8 Å². The van der Waals surface area contributed by atoms with Gasteiger partial charge in [-0.25, -0.2) is 17.9 Å². The highest BCUT2D eigenvalue weighted by atomic mass is 79.9. The van der Waals surface area contributed by atoms with Gasteiger partial charge in [-0.15, -0.1) is 0 Å². The van der Waals surface area contributed by atoms with Crippen molar-refractivity contribution in [3.8, 4) is 0 Å². The number of aryl methyl sites for hydroxylation is 2. The Balaban J connectivity index is 2.45. The van der Waals surface area contributed by atoms with Crippen LogP contribution in [0.15, 0.2) is 26.3 Å². The van der Waals surface area contributed by atoms with Crippen LogP contribution in [0.1, 0.15) is 26.2 Å². The molecule has 0 saturated heterocycles. The fraction of sp³-hybridized carbons (Fsp3) is 0.500. The molecule has 0 fully saturated rings. The fourth-order valence-electron chi connectivity index (χ4n) is 2.37. The van der Waals surface area contributed by atoms with E-state index in [0.717, 1.165) is 19.3 Å². The second-order valence-electron chi connectivity index (χ2n) is 5.28. The molecule has 0 unspecified atom stereocenters. The number of aromatic nitrogens is 2. The zero-order valence-corrected chi connectivity index (χ0v) is 15.3. The number of halogens is 1. The molecule has 0 aliphatic rings. The maximum atomic E-state index is 12.4. The number of hydrogen-bond donors (Lipinski definition) is 1. The Morgan fingerprint density at radius 2 is 1.73 bits per heavy atom. The molecular formula is C14H20BrN3O3S. The highest BCUT2D eigenvalue weighted by molar-refractivity contribution is 9.10. The Morgan fingerprint density at radius 1 is 1.14 bits per heavy atom. The molecule has 2 rings (SSSR count). The molecule has 8 heteroatoms. The van der Waals surface area contributed by atoms with Crippen molar-refractivity contribution in [1.82, 2.24) is 13.9 Å². The number of hydrogen-bond acceptors (Lipinski definition) is 3. The van der Waals surface area contributed by atoms with E-state index in [1.807, 2.05) is 0 Å². The summed E-state index contributed by atoms with van der Waals surface area (Å²) in [4.78, 5) is 12.1. The van der Waals surface area contributed by atoms with E-state index in [2.05, 4.69) is 27.6 Å². The zero-order valence-electron chi connectivity index (χ0n) is 12.9. The molecule has 0 spiro atoms. The topological polar surface area (TPSA) is 73.1 Å². The number of sulfonamides is 1. The molecule has 6 nitrogen and oxygen atoms in total. The minimum absolute atomic E-state index is 0.151. The standard InChI is InChI=1S/C14H20BrN3O3S/c1-4-5-6-7-16-22(20,21)13-9-12-11(8-10(13)15)17(2)14(19)18(12)3/h8-9,16H,4-7H2,1-3H3. The molecule has 0 amide bonds. The summed E-state index contributed by atoms with van der Waals surface area (Å²) in [6.07, 6.45) is 2.82. The summed E-state index contributed by atoms with van der Waals surface area (Å²) in [5.41, 5.74) is 1.08. The van der Waals surface area contributed by atoms with Crippen LogP contribution in [0.25, 0.3) is 11.0 Å². The Labute approximate surface area is 138 Å². The third kappa shape index (κ3) is 3.13. The van der Waals surface area contributed by atoms with Crippen molar-refractivity contribution >= 4 is 37.0 Å². The van der Waals surface area contributed by atoms with Crippen LogP contribution in [0.3, 0.4) is 0 Å². The minimum atomic E-state index is -3.60. The van der Waals surface area contributed by atoms with Crippen molar-refractivity contribution in [1.29, 1.82) is 0 Å². The van der Waals surface area contributed by atoms with Crippen LogP contribution in [0.2, 0.25) is 0 Å². The summed E-state index contributed by atoms with van der Waals surface area (Å²) in [5, 5.41) is 0. The monoisotopic (exact) mass is 389 g/mol. The van der Waals surface area contributed by atoms with E-state index in [-0.39, 0.29) is 10.6 Å². The predicted octanol–water partition coefficient (Wildman–Crippen LogP) is 2.11. The quantitative estimate of drug-likeness (QED) is 0.768. The molecule has 2 aromatic rings. The van der Waals surface area contributed by atoms with Gasteiger partial charge in [0.1, 0.15) is 0 Å². The van der Waals surface area contributed by atoms with Gasteiger partial charge in [-0.2, -0.15) is 0 Å². The van der Waals surface area contributed by atoms with Crippen molar-refractivity contribution in [2.45, 2.75) is 31.1 Å². The Bertz CT molecular complexity index is 852. The van der Waals surface area contributed by atoms with Crippen molar-refractivity contribution in [2.75, 3.05) is 6.54 Å². The van der Waals surface area contributed by atoms with Crippen LogP contribution in [-0.4, -0.2) is 24.1 Å². The molecule has 0 bridgehead atoms. The SMILES string of the molecule is CCCCCNS(=O)(=O)c1cc2c(cc1Br)n(C)c(=O)n2C. The van der Waals surface area contributed by atoms with Crippen molar-refractivity contribution in [3.63, 3.8) is 0 Å². The van der Waals surface area contributed by atoms with Gasteiger partial charge in [-0.05, 0) is 34.5 Å². The lowest BCUT2D eigenvalue weighted by atomic mass is 10.3. The lowest BCUT2D eigenvalue weighted by Crippen LogP contribution is -2.25. The maximum Gasteiger partial charge on any atom is 0.328 e. The van der Waals surface area contributed by atoms with Gasteiger partial charge in [0.25, 0.3) is 0 Å². The molecule has 1 aromatic carbocycles. The molecule has 0 aliphatic heterocycles. The molecule has 0 saturated carbocycles. The third-order valence-electron chi connectivity index (χ3n) is 3.69. The van der Waals surface area contributed by atoms with E-state index >= 15 is 0 Å². The van der Waals surface area contributed by atoms with Gasteiger partial charge in [0, 0.05) is 25.1 Å². The number of nitrogens with one attached hydrogen (secondary N) is 1. The van der Waals surface area contributed by atoms with Crippen molar-refractivity contribution in [3.05, 3.63) is 27.1 Å². The normalized spacial score (nSPS) is 12.2. The van der Waals surface area contributed by atoms with Crippen LogP contribution in [0.4, 0.5) is 0 Å². The second-order valence-corrected chi connectivity index (χ2v) is 7.87. The van der Waals surface area contributed by atoms with Crippen LogP contribution in [-0.2, 0) is 24.1 Å². The first kappa shape index (κ1) is 17.2. The van der Waals surface area contributed by atoms with Crippen molar-refractivity contribution < 1.29 is 8.42 Å². The lowest BCUT2D eigenvalue weighted by Gasteiger charge is -2.09. The molecule has 1 N–H and O–H groups in total. The maximum absolute atomic E-state index is 12.4. The second kappa shape index (κ2) is 6.55. The fourth-order valence-corrected chi connectivity index (χ4v) is 4.49. The first-order valence-electron chi connectivity index (χ1n) is 7.14. The number of rotatable bonds is 6.